The molecular formula is C26H25N3O4. The van der Waals surface area contributed by atoms with Gasteiger partial charge >= 0.3 is 0 Å². The Hall–Kier alpha value is -4.00. The highest BCUT2D eigenvalue weighted by molar-refractivity contribution is 6.03. The number of carbonyl (C=O) groups excluding carboxylic acids is 1. The Morgan fingerprint density at radius 3 is 2.61 bits per heavy atom. The van der Waals surface area contributed by atoms with Crippen LogP contribution >= 0.6 is 0 Å². The topological polar surface area (TPSA) is 72.4 Å². The van der Waals surface area contributed by atoms with E-state index in [4.69, 9.17) is 19.3 Å². The maximum Gasteiger partial charge on any atom is 0.262 e. The number of amides is 1. The summed E-state index contributed by atoms with van der Waals surface area (Å²) in [6.45, 7) is 1.08. The number of carbonyl (C=O) groups is 1. The van der Waals surface area contributed by atoms with Gasteiger partial charge in [0, 0.05) is 6.42 Å². The van der Waals surface area contributed by atoms with Gasteiger partial charge in [-0.25, -0.2) is 5.01 Å². The predicted molar refractivity (Wildman–Crippen MR) is 126 cm³/mol. The number of hydrogen-bond acceptors (Lipinski definition) is 6. The molecule has 2 aliphatic heterocycles. The Labute approximate surface area is 192 Å². The minimum Gasteiger partial charge on any atom is -0.497 e. The number of methoxy groups -OCH3 is 1. The molecule has 1 atom stereocenters. The number of nitrogens with one attached hydrogen (secondary N) is 1. The summed E-state index contributed by atoms with van der Waals surface area (Å²) >= 11 is 0. The van der Waals surface area contributed by atoms with E-state index < -0.39 is 0 Å². The zero-order chi connectivity index (χ0) is 22.6. The van der Waals surface area contributed by atoms with Crippen molar-refractivity contribution in [2.45, 2.75) is 12.5 Å². The molecular weight excluding hydrogens is 418 g/mol. The lowest BCUT2D eigenvalue weighted by Gasteiger charge is -2.24. The van der Waals surface area contributed by atoms with E-state index in [1.807, 2.05) is 72.8 Å². The fourth-order valence-corrected chi connectivity index (χ4v) is 4.10. The number of para-hydroxylation sites is 1. The normalized spacial score (nSPS) is 16.8. The van der Waals surface area contributed by atoms with E-state index in [1.165, 1.54) is 0 Å². The van der Waals surface area contributed by atoms with Crippen LogP contribution in [0.2, 0.25) is 0 Å². The maximum absolute atomic E-state index is 13.3. The van der Waals surface area contributed by atoms with Gasteiger partial charge in [0.05, 0.1) is 31.1 Å². The number of benzene rings is 3. The molecule has 7 nitrogen and oxygen atoms in total. The first-order valence-electron chi connectivity index (χ1n) is 10.9. The van der Waals surface area contributed by atoms with Gasteiger partial charge < -0.3 is 19.5 Å². The molecule has 1 unspecified atom stereocenters. The molecule has 0 saturated heterocycles. The summed E-state index contributed by atoms with van der Waals surface area (Å²) in [7, 11) is 1.64. The van der Waals surface area contributed by atoms with Gasteiger partial charge in [0.1, 0.15) is 19.0 Å². The van der Waals surface area contributed by atoms with Crippen LogP contribution in [-0.4, -0.2) is 43.5 Å². The van der Waals surface area contributed by atoms with Gasteiger partial charge in [-0.3, -0.25) is 4.79 Å². The molecule has 0 aromatic heterocycles. The third-order valence-electron chi connectivity index (χ3n) is 5.77. The van der Waals surface area contributed by atoms with Crippen LogP contribution < -0.4 is 19.5 Å². The summed E-state index contributed by atoms with van der Waals surface area (Å²) in [6.07, 6.45) is 0.639. The van der Waals surface area contributed by atoms with Crippen molar-refractivity contribution in [3.05, 3.63) is 83.9 Å². The Morgan fingerprint density at radius 1 is 1.03 bits per heavy atom. The smallest absolute Gasteiger partial charge is 0.262 e. The van der Waals surface area contributed by atoms with Gasteiger partial charge in [0.25, 0.3) is 5.91 Å². The zero-order valence-corrected chi connectivity index (χ0v) is 18.4. The van der Waals surface area contributed by atoms with Crippen LogP contribution in [0.1, 0.15) is 23.6 Å². The van der Waals surface area contributed by atoms with Crippen LogP contribution in [0.3, 0.4) is 0 Å². The monoisotopic (exact) mass is 443 g/mol. The van der Waals surface area contributed by atoms with E-state index in [9.17, 15) is 4.79 Å². The fraction of sp³-hybridized carbons (Fsp3) is 0.231. The van der Waals surface area contributed by atoms with Crippen LogP contribution in [-0.2, 0) is 4.79 Å². The SMILES string of the molecule is COc1ccc(C2CC(c3ccccc3)=NN2C(=O)CNc2cccc3c2OCCO3)cc1. The predicted octanol–water partition coefficient (Wildman–Crippen LogP) is 4.26. The summed E-state index contributed by atoms with van der Waals surface area (Å²) < 4.78 is 16.7. The maximum atomic E-state index is 13.3. The number of anilines is 1. The Balaban J connectivity index is 1.38. The zero-order valence-electron chi connectivity index (χ0n) is 18.4. The van der Waals surface area contributed by atoms with Gasteiger partial charge in [-0.1, -0.05) is 48.5 Å². The molecule has 0 fully saturated rings. The third kappa shape index (κ3) is 4.35. The summed E-state index contributed by atoms with van der Waals surface area (Å²) in [5.41, 5.74) is 3.64. The van der Waals surface area contributed by atoms with Crippen molar-refractivity contribution in [2.75, 3.05) is 32.2 Å². The van der Waals surface area contributed by atoms with Crippen molar-refractivity contribution >= 4 is 17.3 Å². The second-order valence-electron chi connectivity index (χ2n) is 7.83. The molecule has 0 spiro atoms. The van der Waals surface area contributed by atoms with E-state index in [2.05, 4.69) is 5.32 Å². The van der Waals surface area contributed by atoms with Crippen molar-refractivity contribution < 1.29 is 19.0 Å². The van der Waals surface area contributed by atoms with Gasteiger partial charge in [0.15, 0.2) is 11.5 Å². The largest absolute Gasteiger partial charge is 0.497 e. The average molecular weight is 444 g/mol. The first-order valence-corrected chi connectivity index (χ1v) is 10.9. The van der Waals surface area contributed by atoms with Crippen LogP contribution in [0.4, 0.5) is 5.69 Å². The quantitative estimate of drug-likeness (QED) is 0.617. The van der Waals surface area contributed by atoms with Gasteiger partial charge in [-0.15, -0.1) is 0 Å². The molecule has 3 aromatic carbocycles. The minimum atomic E-state index is -0.190. The second-order valence-corrected chi connectivity index (χ2v) is 7.83. The molecule has 5 rings (SSSR count). The Bertz CT molecular complexity index is 1160. The molecule has 1 N–H and O–H groups in total. The molecule has 3 aromatic rings. The van der Waals surface area contributed by atoms with E-state index in [-0.39, 0.29) is 18.5 Å². The van der Waals surface area contributed by atoms with Crippen molar-refractivity contribution in [3.8, 4) is 17.2 Å². The molecule has 0 radical (unpaired) electrons. The van der Waals surface area contributed by atoms with E-state index in [0.717, 1.165) is 28.3 Å². The lowest BCUT2D eigenvalue weighted by atomic mass is 9.98. The highest BCUT2D eigenvalue weighted by Crippen LogP contribution is 2.38. The fourth-order valence-electron chi connectivity index (χ4n) is 4.10. The lowest BCUT2D eigenvalue weighted by molar-refractivity contribution is -0.131. The molecule has 168 valence electrons. The minimum absolute atomic E-state index is 0.0814. The summed E-state index contributed by atoms with van der Waals surface area (Å²) in [5, 5.41) is 9.53. The van der Waals surface area contributed by atoms with Crippen LogP contribution in [0, 0.1) is 0 Å². The molecule has 1 amide bonds. The summed E-state index contributed by atoms with van der Waals surface area (Å²) in [6, 6.07) is 23.2. The van der Waals surface area contributed by atoms with Crippen molar-refractivity contribution in [3.63, 3.8) is 0 Å². The Morgan fingerprint density at radius 2 is 1.82 bits per heavy atom. The number of hydrazone groups is 1. The van der Waals surface area contributed by atoms with E-state index in [0.29, 0.717) is 31.1 Å². The average Bonchev–Trinajstić information content (AvgIpc) is 3.33. The highest BCUT2D eigenvalue weighted by atomic mass is 16.6. The number of rotatable bonds is 6. The van der Waals surface area contributed by atoms with Gasteiger partial charge in [-0.05, 0) is 35.4 Å². The van der Waals surface area contributed by atoms with Crippen LogP contribution in [0.15, 0.2) is 77.9 Å². The molecule has 7 heteroatoms. The van der Waals surface area contributed by atoms with Crippen molar-refractivity contribution in [2.24, 2.45) is 5.10 Å². The van der Waals surface area contributed by atoms with Gasteiger partial charge in [-0.2, -0.15) is 5.10 Å². The second kappa shape index (κ2) is 9.24. The first-order chi connectivity index (χ1) is 16.2. The molecule has 33 heavy (non-hydrogen) atoms. The standard InChI is InChI=1S/C26H25N3O4/c1-31-20-12-10-19(11-13-20)23-16-22(18-6-3-2-4-7-18)28-29(23)25(30)17-27-21-8-5-9-24-26(21)33-15-14-32-24/h2-13,23,27H,14-17H2,1H3. The number of fused-ring (bicyclic) bond motifs is 1. The highest BCUT2D eigenvalue weighted by Gasteiger charge is 2.33. The third-order valence-corrected chi connectivity index (χ3v) is 5.77. The molecule has 2 aliphatic rings. The van der Waals surface area contributed by atoms with Crippen LogP contribution in [0.5, 0.6) is 17.2 Å². The van der Waals surface area contributed by atoms with E-state index in [1.54, 1.807) is 12.1 Å². The number of ether oxygens (including phenoxy) is 3. The first kappa shape index (κ1) is 20.9. The van der Waals surface area contributed by atoms with Crippen molar-refractivity contribution in [1.82, 2.24) is 5.01 Å². The van der Waals surface area contributed by atoms with Gasteiger partial charge in [0.2, 0.25) is 0 Å². The molecule has 0 bridgehead atoms. The van der Waals surface area contributed by atoms with Crippen LogP contribution in [0.25, 0.3) is 0 Å². The number of nitrogens with zero attached hydrogens (tertiary/aromatic N) is 2. The van der Waals surface area contributed by atoms with Crippen molar-refractivity contribution in [1.29, 1.82) is 0 Å². The summed E-state index contributed by atoms with van der Waals surface area (Å²) in [4.78, 5) is 13.3. The Kier molecular flexibility index (Phi) is 5.85. The summed E-state index contributed by atoms with van der Waals surface area (Å²) in [5.74, 6) is 1.96. The number of hydrogen-bond donors (Lipinski definition) is 1. The molecule has 0 aliphatic carbocycles. The lowest BCUT2D eigenvalue weighted by Crippen LogP contribution is -2.32. The van der Waals surface area contributed by atoms with E-state index >= 15 is 0 Å². The molecule has 0 saturated carbocycles. The molecule has 2 heterocycles.